The van der Waals surface area contributed by atoms with Crippen molar-refractivity contribution < 1.29 is 19.1 Å². The Morgan fingerprint density at radius 3 is 1.04 bits per heavy atom. The minimum absolute atomic E-state index is 0.0996. The van der Waals surface area contributed by atoms with Gasteiger partial charge in [0.15, 0.2) is 0 Å². The maximum Gasteiger partial charge on any atom is 0.305 e. The van der Waals surface area contributed by atoms with Crippen LogP contribution in [0.15, 0.2) is 24.3 Å². The van der Waals surface area contributed by atoms with Gasteiger partial charge in [0.1, 0.15) is 13.2 Å². The van der Waals surface area contributed by atoms with E-state index in [1.54, 1.807) is 0 Å². The second-order valence-corrected chi connectivity index (χ2v) is 13.4. The maximum absolute atomic E-state index is 12.0. The standard InChI is InChI=1S/C41H77NO4/c1-4-6-8-10-12-14-16-18-20-22-24-26-28-30-32-34-40(43)45-38-36-42(3)37-39-46-41(44)35-33-31-29-27-25-23-21-19-17-15-13-11-9-7-5-2/h18-21H,4-17,22-39H2,1-3H3. The fraction of sp³-hybridized carbons (Fsp3) is 0.854. The van der Waals surface area contributed by atoms with Crippen LogP contribution in [0.5, 0.6) is 0 Å². The molecule has 0 bridgehead atoms. The first-order valence-corrected chi connectivity index (χ1v) is 19.9. The molecule has 0 aliphatic rings. The van der Waals surface area contributed by atoms with Crippen LogP contribution in [0.3, 0.4) is 0 Å². The van der Waals surface area contributed by atoms with E-state index in [0.717, 1.165) is 25.7 Å². The molecule has 0 aliphatic heterocycles. The number of unbranched alkanes of at least 4 members (excludes halogenated alkanes) is 22. The summed E-state index contributed by atoms with van der Waals surface area (Å²) in [5.41, 5.74) is 0. The molecule has 46 heavy (non-hydrogen) atoms. The van der Waals surface area contributed by atoms with Crippen molar-refractivity contribution in [3.8, 4) is 0 Å². The molecule has 0 rings (SSSR count). The molecule has 5 nitrogen and oxygen atoms in total. The van der Waals surface area contributed by atoms with Crippen LogP contribution in [-0.2, 0) is 19.1 Å². The molecule has 0 fully saturated rings. The number of hydrogen-bond acceptors (Lipinski definition) is 5. The minimum atomic E-state index is -0.0996. The van der Waals surface area contributed by atoms with E-state index in [0.29, 0.717) is 39.1 Å². The van der Waals surface area contributed by atoms with Gasteiger partial charge in [0, 0.05) is 25.9 Å². The highest BCUT2D eigenvalue weighted by Crippen LogP contribution is 2.12. The highest BCUT2D eigenvalue weighted by molar-refractivity contribution is 5.69. The number of carbonyl (C=O) groups excluding carboxylic acids is 2. The maximum atomic E-state index is 12.0. The predicted molar refractivity (Wildman–Crippen MR) is 198 cm³/mol. The fourth-order valence-corrected chi connectivity index (χ4v) is 5.57. The van der Waals surface area contributed by atoms with E-state index in [9.17, 15) is 9.59 Å². The Bertz CT molecular complexity index is 647. The minimum Gasteiger partial charge on any atom is -0.464 e. The lowest BCUT2D eigenvalue weighted by Gasteiger charge is -2.16. The number of likely N-dealkylation sites (N-methyl/N-ethyl adjacent to an activating group) is 1. The Labute approximate surface area is 286 Å². The molecule has 0 saturated heterocycles. The number of carbonyl (C=O) groups is 2. The lowest BCUT2D eigenvalue weighted by atomic mass is 10.1. The van der Waals surface area contributed by atoms with Crippen molar-refractivity contribution in [2.45, 2.75) is 194 Å². The average molecular weight is 648 g/mol. The average Bonchev–Trinajstić information content (AvgIpc) is 3.04. The topological polar surface area (TPSA) is 55.8 Å². The molecule has 0 spiro atoms. The van der Waals surface area contributed by atoms with E-state index in [2.05, 4.69) is 38.2 Å². The van der Waals surface area contributed by atoms with Gasteiger partial charge in [0.05, 0.1) is 0 Å². The quantitative estimate of drug-likeness (QED) is 0.0385. The second-order valence-electron chi connectivity index (χ2n) is 13.4. The predicted octanol–water partition coefficient (Wildman–Crippen LogP) is 12.1. The molecule has 0 aromatic rings. The van der Waals surface area contributed by atoms with Crippen LogP contribution in [0.25, 0.3) is 0 Å². The summed E-state index contributed by atoms with van der Waals surface area (Å²) in [7, 11) is 1.97. The van der Waals surface area contributed by atoms with E-state index in [1.807, 2.05) is 11.9 Å². The molecule has 0 atom stereocenters. The first-order valence-electron chi connectivity index (χ1n) is 19.9. The third-order valence-corrected chi connectivity index (χ3v) is 8.76. The third kappa shape index (κ3) is 36.8. The summed E-state index contributed by atoms with van der Waals surface area (Å²) >= 11 is 0. The molecule has 0 unspecified atom stereocenters. The summed E-state index contributed by atoms with van der Waals surface area (Å²) in [4.78, 5) is 26.1. The van der Waals surface area contributed by atoms with Crippen molar-refractivity contribution in [3.63, 3.8) is 0 Å². The largest absolute Gasteiger partial charge is 0.464 e. The number of hydrogen-bond donors (Lipinski definition) is 0. The van der Waals surface area contributed by atoms with Gasteiger partial charge in [0.25, 0.3) is 0 Å². The molecule has 0 saturated carbocycles. The summed E-state index contributed by atoms with van der Waals surface area (Å²) in [5, 5.41) is 0. The summed E-state index contributed by atoms with van der Waals surface area (Å²) in [6, 6.07) is 0. The highest BCUT2D eigenvalue weighted by Gasteiger charge is 2.07. The van der Waals surface area contributed by atoms with E-state index in [4.69, 9.17) is 9.47 Å². The van der Waals surface area contributed by atoms with Crippen LogP contribution in [-0.4, -0.2) is 50.2 Å². The van der Waals surface area contributed by atoms with Crippen molar-refractivity contribution in [3.05, 3.63) is 24.3 Å². The summed E-state index contributed by atoms with van der Waals surface area (Å²) < 4.78 is 10.8. The first-order chi connectivity index (χ1) is 22.6. The van der Waals surface area contributed by atoms with Crippen molar-refractivity contribution in [2.24, 2.45) is 0 Å². The molecular formula is C41H77NO4. The van der Waals surface area contributed by atoms with Gasteiger partial charge < -0.3 is 9.47 Å². The second kappa shape index (κ2) is 37.8. The SMILES string of the molecule is CCCCCCCCC=CCCCCCCCC(=O)OCCN(C)CCOC(=O)CCCCCCCC=CCCCCCCCC. The van der Waals surface area contributed by atoms with Crippen LogP contribution >= 0.6 is 0 Å². The van der Waals surface area contributed by atoms with Gasteiger partial charge in [-0.1, -0.05) is 141 Å². The van der Waals surface area contributed by atoms with Crippen LogP contribution in [0, 0.1) is 0 Å². The molecule has 0 aliphatic carbocycles. The van der Waals surface area contributed by atoms with E-state index in [-0.39, 0.29) is 11.9 Å². The van der Waals surface area contributed by atoms with Gasteiger partial charge >= 0.3 is 11.9 Å². The zero-order valence-electron chi connectivity index (χ0n) is 31.0. The third-order valence-electron chi connectivity index (χ3n) is 8.76. The Balaban J connectivity index is 3.43. The Morgan fingerprint density at radius 2 is 0.717 bits per heavy atom. The molecule has 0 radical (unpaired) electrons. The molecule has 0 aromatic carbocycles. The van der Waals surface area contributed by atoms with Gasteiger partial charge in [-0.15, -0.1) is 0 Å². The van der Waals surface area contributed by atoms with Crippen molar-refractivity contribution >= 4 is 11.9 Å². The first kappa shape index (κ1) is 44.4. The molecule has 270 valence electrons. The zero-order valence-corrected chi connectivity index (χ0v) is 31.0. The molecule has 0 heterocycles. The van der Waals surface area contributed by atoms with Gasteiger partial charge in [-0.25, -0.2) is 0 Å². The van der Waals surface area contributed by atoms with Gasteiger partial charge in [0.2, 0.25) is 0 Å². The Kier molecular flexibility index (Phi) is 36.5. The van der Waals surface area contributed by atoms with Crippen molar-refractivity contribution in [2.75, 3.05) is 33.4 Å². The monoisotopic (exact) mass is 648 g/mol. The van der Waals surface area contributed by atoms with Crippen molar-refractivity contribution in [1.82, 2.24) is 4.90 Å². The Hall–Kier alpha value is -1.62. The van der Waals surface area contributed by atoms with Gasteiger partial charge in [-0.3, -0.25) is 14.5 Å². The zero-order chi connectivity index (χ0) is 33.6. The van der Waals surface area contributed by atoms with E-state index < -0.39 is 0 Å². The summed E-state index contributed by atoms with van der Waals surface area (Å²) in [6.45, 7) is 6.63. The lowest BCUT2D eigenvalue weighted by molar-refractivity contribution is -0.144. The number of ether oxygens (including phenoxy) is 2. The highest BCUT2D eigenvalue weighted by atomic mass is 16.5. The van der Waals surface area contributed by atoms with E-state index in [1.165, 1.54) is 141 Å². The smallest absolute Gasteiger partial charge is 0.305 e. The number of esters is 2. The van der Waals surface area contributed by atoms with Crippen LogP contribution in [0.2, 0.25) is 0 Å². The fourth-order valence-electron chi connectivity index (χ4n) is 5.57. The molecule has 0 N–H and O–H groups in total. The van der Waals surface area contributed by atoms with Crippen LogP contribution in [0.4, 0.5) is 0 Å². The molecule has 5 heteroatoms. The normalized spacial score (nSPS) is 11.7. The van der Waals surface area contributed by atoms with Gasteiger partial charge in [-0.2, -0.15) is 0 Å². The van der Waals surface area contributed by atoms with E-state index >= 15 is 0 Å². The number of nitrogens with zero attached hydrogens (tertiary/aromatic N) is 1. The number of allylic oxidation sites excluding steroid dienone is 4. The lowest BCUT2D eigenvalue weighted by Crippen LogP contribution is -2.28. The summed E-state index contributed by atoms with van der Waals surface area (Å²) in [5.74, 6) is -0.199. The molecular weight excluding hydrogens is 570 g/mol. The number of rotatable bonds is 36. The molecule has 0 amide bonds. The van der Waals surface area contributed by atoms with Crippen molar-refractivity contribution in [1.29, 1.82) is 0 Å². The molecule has 0 aromatic heterocycles. The van der Waals surface area contributed by atoms with Crippen LogP contribution < -0.4 is 0 Å². The van der Waals surface area contributed by atoms with Gasteiger partial charge in [-0.05, 0) is 71.3 Å². The van der Waals surface area contributed by atoms with Crippen LogP contribution in [0.1, 0.15) is 194 Å². The summed E-state index contributed by atoms with van der Waals surface area (Å²) in [6.07, 6.45) is 43.1. The Morgan fingerprint density at radius 1 is 0.435 bits per heavy atom.